The Morgan fingerprint density at radius 2 is 1.70 bits per heavy atom. The van der Waals surface area contributed by atoms with Crippen molar-refractivity contribution in [2.24, 2.45) is 28.1 Å². The third-order valence-electron chi connectivity index (χ3n) is 6.60. The zero-order valence-electron chi connectivity index (χ0n) is 23.3. The quantitative estimate of drug-likeness (QED) is 0.0521. The molecule has 5 atom stereocenters. The molecule has 16 heteroatoms. The number of amides is 5. The second-order valence-electron chi connectivity index (χ2n) is 9.73. The molecule has 0 aromatic carbocycles. The largest absolute Gasteiger partial charge is 0.480 e. The van der Waals surface area contributed by atoms with E-state index in [2.05, 4.69) is 26.3 Å². The van der Waals surface area contributed by atoms with Crippen molar-refractivity contribution in [1.29, 1.82) is 0 Å². The molecule has 226 valence electrons. The first-order valence-electron chi connectivity index (χ1n) is 13.3. The van der Waals surface area contributed by atoms with Gasteiger partial charge in [0.05, 0.1) is 19.1 Å². The molecule has 5 unspecified atom stereocenters. The van der Waals surface area contributed by atoms with E-state index < -0.39 is 66.2 Å². The number of likely N-dealkylation sites (tertiary alicyclic amines) is 1. The number of carbonyl (C=O) groups excluding carboxylic acids is 5. The van der Waals surface area contributed by atoms with E-state index in [0.717, 1.165) is 0 Å². The van der Waals surface area contributed by atoms with Crippen LogP contribution >= 0.6 is 0 Å². The summed E-state index contributed by atoms with van der Waals surface area (Å²) in [5.41, 5.74) is 16.4. The van der Waals surface area contributed by atoms with E-state index in [9.17, 15) is 28.8 Å². The summed E-state index contributed by atoms with van der Waals surface area (Å²) in [6.07, 6.45) is 2.06. The van der Waals surface area contributed by atoms with Crippen LogP contribution < -0.4 is 38.5 Å². The lowest BCUT2D eigenvalue weighted by atomic mass is 9.99. The Balaban J connectivity index is 2.68. The third kappa shape index (κ3) is 11.4. The second-order valence-corrected chi connectivity index (χ2v) is 9.73. The van der Waals surface area contributed by atoms with Crippen molar-refractivity contribution in [2.75, 3.05) is 26.2 Å². The summed E-state index contributed by atoms with van der Waals surface area (Å²) in [4.78, 5) is 79.0. The number of aliphatic imine (C=N–C) groups is 1. The van der Waals surface area contributed by atoms with Gasteiger partial charge in [0.1, 0.15) is 18.1 Å². The van der Waals surface area contributed by atoms with Gasteiger partial charge < -0.3 is 48.5 Å². The van der Waals surface area contributed by atoms with E-state index >= 15 is 0 Å². The van der Waals surface area contributed by atoms with Crippen molar-refractivity contribution in [3.63, 3.8) is 0 Å². The van der Waals surface area contributed by atoms with Gasteiger partial charge in [0.15, 0.2) is 5.96 Å². The number of hydrogen-bond donors (Lipinski definition) is 8. The standard InChI is InChI=1S/C24H43N9O7/c1-4-13(2)19(25)22(38)30-12-18(35)33-10-6-8-16(33)21(37)29-11-17(34)32-15(7-5-9-28-24(26)27)20(36)31-14(3)23(39)40/h13-16,19H,4-12,25H2,1-3H3,(H,29,37)(H,30,38)(H,31,36)(H,32,34)(H,39,40)(H4,26,27,28). The normalized spacial score (nSPS) is 17.5. The van der Waals surface area contributed by atoms with E-state index in [1.165, 1.54) is 11.8 Å². The zero-order valence-corrected chi connectivity index (χ0v) is 23.3. The number of carboxylic acids is 1. The van der Waals surface area contributed by atoms with Crippen molar-refractivity contribution in [1.82, 2.24) is 26.2 Å². The Morgan fingerprint density at radius 1 is 1.02 bits per heavy atom. The monoisotopic (exact) mass is 569 g/mol. The molecule has 1 aliphatic rings. The van der Waals surface area contributed by atoms with Gasteiger partial charge in [-0.25, -0.2) is 0 Å². The number of nitrogens with zero attached hydrogens (tertiary/aromatic N) is 2. The van der Waals surface area contributed by atoms with E-state index in [0.29, 0.717) is 32.2 Å². The summed E-state index contributed by atoms with van der Waals surface area (Å²) in [5.74, 6) is -4.31. The van der Waals surface area contributed by atoms with Crippen molar-refractivity contribution in [3.05, 3.63) is 0 Å². The molecule has 0 aliphatic carbocycles. The third-order valence-corrected chi connectivity index (χ3v) is 6.60. The Kier molecular flexibility index (Phi) is 14.4. The highest BCUT2D eigenvalue weighted by atomic mass is 16.4. The molecular formula is C24H43N9O7. The molecule has 0 bridgehead atoms. The van der Waals surface area contributed by atoms with Crippen LogP contribution in [0.3, 0.4) is 0 Å². The molecule has 0 saturated carbocycles. The molecule has 40 heavy (non-hydrogen) atoms. The van der Waals surface area contributed by atoms with Crippen LogP contribution in [0.1, 0.15) is 52.9 Å². The summed E-state index contributed by atoms with van der Waals surface area (Å²) in [6, 6.07) is -3.87. The SMILES string of the molecule is CCC(C)C(N)C(=O)NCC(=O)N1CCCC1C(=O)NCC(=O)NC(CCCN=C(N)N)C(=O)NC(C)C(=O)O. The van der Waals surface area contributed by atoms with Gasteiger partial charge in [-0.1, -0.05) is 20.3 Å². The molecule has 1 saturated heterocycles. The Bertz CT molecular complexity index is 955. The Morgan fingerprint density at radius 3 is 2.30 bits per heavy atom. The predicted octanol–water partition coefficient (Wildman–Crippen LogP) is -3.29. The number of aliphatic carboxylic acids is 1. The van der Waals surface area contributed by atoms with Crippen LogP contribution in [0.4, 0.5) is 0 Å². The first-order chi connectivity index (χ1) is 18.8. The van der Waals surface area contributed by atoms with E-state index in [-0.39, 0.29) is 31.4 Å². The number of carbonyl (C=O) groups is 6. The smallest absolute Gasteiger partial charge is 0.325 e. The lowest BCUT2D eigenvalue weighted by Gasteiger charge is -2.25. The number of rotatable bonds is 16. The molecule has 1 rings (SSSR count). The second kappa shape index (κ2) is 16.9. The molecule has 0 aromatic rings. The van der Waals surface area contributed by atoms with Crippen LogP contribution in [0.15, 0.2) is 4.99 Å². The molecule has 0 radical (unpaired) electrons. The average Bonchev–Trinajstić information content (AvgIpc) is 3.40. The fourth-order valence-corrected chi connectivity index (χ4v) is 3.91. The van der Waals surface area contributed by atoms with Crippen LogP contribution in [0.5, 0.6) is 0 Å². The van der Waals surface area contributed by atoms with Gasteiger partial charge >= 0.3 is 5.97 Å². The molecule has 1 heterocycles. The van der Waals surface area contributed by atoms with Crippen LogP contribution in [-0.2, 0) is 28.8 Å². The van der Waals surface area contributed by atoms with E-state index in [1.807, 2.05) is 13.8 Å². The molecule has 16 nitrogen and oxygen atoms in total. The van der Waals surface area contributed by atoms with Crippen LogP contribution in [0.25, 0.3) is 0 Å². The maximum Gasteiger partial charge on any atom is 0.325 e. The minimum absolute atomic E-state index is 0.0592. The lowest BCUT2D eigenvalue weighted by molar-refractivity contribution is -0.141. The summed E-state index contributed by atoms with van der Waals surface area (Å²) < 4.78 is 0. The number of guanidine groups is 1. The van der Waals surface area contributed by atoms with Gasteiger partial charge in [-0.15, -0.1) is 0 Å². The summed E-state index contributed by atoms with van der Waals surface area (Å²) in [7, 11) is 0. The lowest BCUT2D eigenvalue weighted by Crippen LogP contribution is -2.54. The van der Waals surface area contributed by atoms with E-state index in [4.69, 9.17) is 22.3 Å². The topological polar surface area (TPSA) is 264 Å². The van der Waals surface area contributed by atoms with Crippen molar-refractivity contribution < 1.29 is 33.9 Å². The van der Waals surface area contributed by atoms with Crippen molar-refractivity contribution in [3.8, 4) is 0 Å². The maximum absolute atomic E-state index is 12.8. The number of carboxylic acid groups (broad SMARTS) is 1. The summed E-state index contributed by atoms with van der Waals surface area (Å²) >= 11 is 0. The average molecular weight is 570 g/mol. The van der Waals surface area contributed by atoms with Gasteiger partial charge in [0, 0.05) is 13.1 Å². The van der Waals surface area contributed by atoms with Gasteiger partial charge in [0.25, 0.3) is 0 Å². The minimum atomic E-state index is -1.25. The molecule has 1 aliphatic heterocycles. The molecule has 0 aromatic heterocycles. The van der Waals surface area contributed by atoms with Gasteiger partial charge in [0.2, 0.25) is 29.5 Å². The summed E-state index contributed by atoms with van der Waals surface area (Å²) in [5, 5.41) is 18.8. The first-order valence-corrected chi connectivity index (χ1v) is 13.3. The summed E-state index contributed by atoms with van der Waals surface area (Å²) in [6.45, 7) is 4.72. The van der Waals surface area contributed by atoms with Gasteiger partial charge in [-0.3, -0.25) is 33.8 Å². The maximum atomic E-state index is 12.8. The molecule has 0 spiro atoms. The van der Waals surface area contributed by atoms with Crippen LogP contribution in [0, 0.1) is 5.92 Å². The number of hydrogen-bond acceptors (Lipinski definition) is 8. The molecule has 5 amide bonds. The fraction of sp³-hybridized carbons (Fsp3) is 0.708. The Labute approximate surface area is 233 Å². The van der Waals surface area contributed by atoms with E-state index in [1.54, 1.807) is 0 Å². The number of nitrogens with one attached hydrogen (secondary N) is 4. The fourth-order valence-electron chi connectivity index (χ4n) is 3.91. The molecule has 11 N–H and O–H groups in total. The zero-order chi connectivity index (χ0) is 30.4. The molecule has 1 fully saturated rings. The number of nitrogens with two attached hydrogens (primary N) is 3. The molecular weight excluding hydrogens is 526 g/mol. The van der Waals surface area contributed by atoms with Gasteiger partial charge in [-0.2, -0.15) is 0 Å². The predicted molar refractivity (Wildman–Crippen MR) is 145 cm³/mol. The Hall–Kier alpha value is -3.95. The van der Waals surface area contributed by atoms with Crippen molar-refractivity contribution in [2.45, 2.75) is 77.0 Å². The highest BCUT2D eigenvalue weighted by Crippen LogP contribution is 2.17. The highest BCUT2D eigenvalue weighted by molar-refractivity contribution is 5.94. The minimum Gasteiger partial charge on any atom is -0.480 e. The van der Waals surface area contributed by atoms with Crippen LogP contribution in [-0.4, -0.2) is 102 Å². The highest BCUT2D eigenvalue weighted by Gasteiger charge is 2.34. The van der Waals surface area contributed by atoms with Crippen LogP contribution in [0.2, 0.25) is 0 Å². The van der Waals surface area contributed by atoms with Gasteiger partial charge in [-0.05, 0) is 38.5 Å². The van der Waals surface area contributed by atoms with Crippen molar-refractivity contribution >= 4 is 41.5 Å². The first kappa shape index (κ1) is 34.1.